The monoisotopic (exact) mass is 925 g/mol. The van der Waals surface area contributed by atoms with Crippen LogP contribution in [0.2, 0.25) is 0 Å². The third kappa shape index (κ3) is 47.9. The molecule has 0 rings (SSSR count). The predicted molar refractivity (Wildman–Crippen MR) is 265 cm³/mol. The molecule has 0 heterocycles. The number of phosphoric acid groups is 1. The van der Waals surface area contributed by atoms with Crippen molar-refractivity contribution >= 4 is 19.8 Å². The van der Waals surface area contributed by atoms with Gasteiger partial charge in [-0.25, -0.2) is 4.57 Å². The smallest absolute Gasteiger partial charge is 0.462 e. The molecule has 3 N–H and O–H groups in total. The zero-order valence-electron chi connectivity index (χ0n) is 41.0. The van der Waals surface area contributed by atoms with Gasteiger partial charge in [0.05, 0.1) is 19.8 Å². The Morgan fingerprint density at radius 2 is 0.812 bits per heavy atom. The number of carbonyl (C=O) groups excluding carboxylic acids is 2. The number of hydrogen-bond donors (Lipinski definition) is 3. The Balaban J connectivity index is 4.20. The minimum absolute atomic E-state index is 0.180. The van der Waals surface area contributed by atoms with Crippen molar-refractivity contribution in [2.45, 2.75) is 251 Å². The van der Waals surface area contributed by atoms with Gasteiger partial charge in [0.25, 0.3) is 0 Å². The molecule has 0 radical (unpaired) electrons. The summed E-state index contributed by atoms with van der Waals surface area (Å²) in [6.45, 7) is 2.36. The summed E-state index contributed by atoms with van der Waals surface area (Å²) in [5.41, 5.74) is 0. The van der Waals surface area contributed by atoms with Crippen LogP contribution >= 0.6 is 7.82 Å². The number of esters is 2. The van der Waals surface area contributed by atoms with E-state index in [0.29, 0.717) is 12.8 Å². The van der Waals surface area contributed by atoms with Crippen molar-refractivity contribution in [3.05, 3.63) is 48.6 Å². The highest BCUT2D eigenvalue weighted by Crippen LogP contribution is 2.43. The predicted octanol–water partition coefficient (Wildman–Crippen LogP) is 14.8. The summed E-state index contributed by atoms with van der Waals surface area (Å²) in [4.78, 5) is 35.2. The summed E-state index contributed by atoms with van der Waals surface area (Å²) in [5.74, 6) is -0.952. The number of aliphatic hydroxyl groups excluding tert-OH is 2. The van der Waals surface area contributed by atoms with E-state index in [4.69, 9.17) is 23.6 Å². The maximum absolute atomic E-state index is 12.7. The van der Waals surface area contributed by atoms with Gasteiger partial charge < -0.3 is 24.6 Å². The zero-order valence-corrected chi connectivity index (χ0v) is 41.9. The van der Waals surface area contributed by atoms with E-state index < -0.39 is 51.8 Å². The molecule has 0 aliphatic carbocycles. The molecule has 0 aliphatic heterocycles. The first-order valence-electron chi connectivity index (χ1n) is 26.1. The minimum Gasteiger partial charge on any atom is -0.462 e. The number of hydrogen-bond acceptors (Lipinski definition) is 9. The van der Waals surface area contributed by atoms with Gasteiger partial charge in [-0.2, -0.15) is 0 Å². The van der Waals surface area contributed by atoms with E-state index >= 15 is 0 Å². The van der Waals surface area contributed by atoms with Gasteiger partial charge in [0.2, 0.25) is 0 Å². The quantitative estimate of drug-likeness (QED) is 0.0233. The average Bonchev–Trinajstić information content (AvgIpc) is 3.28. The minimum atomic E-state index is -4.63. The zero-order chi connectivity index (χ0) is 46.9. The highest BCUT2D eigenvalue weighted by Gasteiger charge is 2.27. The molecule has 11 heteroatoms. The molecule has 0 amide bonds. The molecular formula is C53H97O10P. The van der Waals surface area contributed by atoms with Crippen LogP contribution in [0.15, 0.2) is 48.6 Å². The average molecular weight is 925 g/mol. The molecule has 0 aromatic heterocycles. The first-order chi connectivity index (χ1) is 31.2. The van der Waals surface area contributed by atoms with E-state index in [2.05, 4.69) is 62.5 Å². The Kier molecular flexibility index (Phi) is 47.3. The number of allylic oxidation sites excluding steroid dienone is 8. The van der Waals surface area contributed by atoms with Crippen LogP contribution < -0.4 is 0 Å². The van der Waals surface area contributed by atoms with Gasteiger partial charge in [-0.3, -0.25) is 18.6 Å². The normalized spacial score (nSPS) is 14.0. The van der Waals surface area contributed by atoms with Crippen LogP contribution in [0, 0.1) is 0 Å². The van der Waals surface area contributed by atoms with Crippen molar-refractivity contribution in [3.8, 4) is 0 Å². The van der Waals surface area contributed by atoms with Crippen LogP contribution in [0.1, 0.15) is 239 Å². The van der Waals surface area contributed by atoms with E-state index in [1.165, 1.54) is 141 Å². The van der Waals surface area contributed by atoms with Crippen LogP contribution in [0.5, 0.6) is 0 Å². The number of phosphoric ester groups is 1. The van der Waals surface area contributed by atoms with E-state index in [-0.39, 0.29) is 19.4 Å². The number of rotatable bonds is 49. The summed E-state index contributed by atoms with van der Waals surface area (Å²) in [7, 11) is -4.63. The van der Waals surface area contributed by atoms with Crippen LogP contribution in [-0.4, -0.2) is 65.7 Å². The fourth-order valence-electron chi connectivity index (χ4n) is 7.21. The molecular weight excluding hydrogens is 828 g/mol. The van der Waals surface area contributed by atoms with E-state index in [1.807, 2.05) is 0 Å². The first kappa shape index (κ1) is 61.9. The molecule has 0 spiro atoms. The van der Waals surface area contributed by atoms with E-state index in [0.717, 1.165) is 57.8 Å². The molecule has 0 saturated heterocycles. The molecule has 0 aromatic carbocycles. The lowest BCUT2D eigenvalue weighted by molar-refractivity contribution is -0.161. The highest BCUT2D eigenvalue weighted by molar-refractivity contribution is 7.47. The maximum atomic E-state index is 12.7. The standard InChI is InChI=1S/C53H97O10P/c1-3-5-7-9-11-13-15-17-19-21-23-24-25-27-29-31-33-35-37-39-41-43-45-53(57)63-51(49-62-64(58,59)61-47-50(55)46-54)48-60-52(56)44-42-40-38-36-34-32-30-28-26-22-20-18-16-14-12-10-8-6-4-2/h12,14,18,20,26,28,32,34,50-51,54-55H,3-11,13,15-17,19,21-25,27,29-31,33,35-49H2,1-2H3,(H,58,59)/b14-12+,20-18+,28-26+,34-32+/t50-,51+/m0/s1. The molecule has 10 nitrogen and oxygen atoms in total. The second-order valence-electron chi connectivity index (χ2n) is 17.6. The van der Waals surface area contributed by atoms with Crippen molar-refractivity contribution in [1.82, 2.24) is 0 Å². The summed E-state index contributed by atoms with van der Waals surface area (Å²) in [6.07, 6.45) is 55.1. The molecule has 3 atom stereocenters. The lowest BCUT2D eigenvalue weighted by Crippen LogP contribution is -2.29. The first-order valence-corrected chi connectivity index (χ1v) is 27.6. The Hall–Kier alpha value is -2.07. The molecule has 1 unspecified atom stereocenters. The van der Waals surface area contributed by atoms with Gasteiger partial charge in [-0.1, -0.05) is 217 Å². The fourth-order valence-corrected chi connectivity index (χ4v) is 8.00. The van der Waals surface area contributed by atoms with Crippen LogP contribution in [0.3, 0.4) is 0 Å². The van der Waals surface area contributed by atoms with Gasteiger partial charge in [0, 0.05) is 12.8 Å². The summed E-state index contributed by atoms with van der Waals surface area (Å²) < 4.78 is 32.9. The van der Waals surface area contributed by atoms with Crippen molar-refractivity contribution in [2.75, 3.05) is 26.4 Å². The highest BCUT2D eigenvalue weighted by atomic mass is 31.2. The molecule has 0 fully saturated rings. The fraction of sp³-hybridized carbons (Fsp3) is 0.811. The third-order valence-electron chi connectivity index (χ3n) is 11.2. The van der Waals surface area contributed by atoms with Crippen LogP contribution in [0.4, 0.5) is 0 Å². The number of aliphatic hydroxyl groups is 2. The topological polar surface area (TPSA) is 149 Å². The van der Waals surface area contributed by atoms with Crippen molar-refractivity contribution in [2.24, 2.45) is 0 Å². The van der Waals surface area contributed by atoms with Gasteiger partial charge in [0.1, 0.15) is 12.7 Å². The molecule has 0 saturated carbocycles. The van der Waals surface area contributed by atoms with Crippen molar-refractivity contribution < 1.29 is 47.8 Å². The second-order valence-corrected chi connectivity index (χ2v) is 19.0. The lowest BCUT2D eigenvalue weighted by atomic mass is 10.0. The third-order valence-corrected chi connectivity index (χ3v) is 12.2. The van der Waals surface area contributed by atoms with Gasteiger partial charge in [-0.15, -0.1) is 0 Å². The van der Waals surface area contributed by atoms with Crippen LogP contribution in [-0.2, 0) is 32.7 Å². The molecule has 0 aromatic rings. The largest absolute Gasteiger partial charge is 0.472 e. The van der Waals surface area contributed by atoms with Gasteiger partial charge in [-0.05, 0) is 57.8 Å². The Bertz CT molecular complexity index is 1200. The lowest BCUT2D eigenvalue weighted by Gasteiger charge is -2.20. The van der Waals surface area contributed by atoms with E-state index in [1.54, 1.807) is 0 Å². The second kappa shape index (κ2) is 48.9. The number of carbonyl (C=O) groups is 2. The number of unbranched alkanes of at least 4 members (excludes halogenated alkanes) is 27. The summed E-state index contributed by atoms with van der Waals surface area (Å²) in [6, 6.07) is 0. The van der Waals surface area contributed by atoms with Gasteiger partial charge in [0.15, 0.2) is 6.10 Å². The Morgan fingerprint density at radius 3 is 1.25 bits per heavy atom. The molecule has 374 valence electrons. The molecule has 0 aliphatic rings. The molecule has 64 heavy (non-hydrogen) atoms. The Morgan fingerprint density at radius 1 is 0.469 bits per heavy atom. The summed E-state index contributed by atoms with van der Waals surface area (Å²) in [5, 5.41) is 18.4. The summed E-state index contributed by atoms with van der Waals surface area (Å²) >= 11 is 0. The van der Waals surface area contributed by atoms with Crippen molar-refractivity contribution in [3.63, 3.8) is 0 Å². The SMILES string of the molecule is CCCCC/C=C/C/C=C/C/C=C/C/C=C/CCCCCC(=O)OC[C@H](COP(=O)(O)OC[C@@H](O)CO)OC(=O)CCCCCCCCCCCCCCCCCCCCCCCC. The Labute approximate surface area is 392 Å². The van der Waals surface area contributed by atoms with Gasteiger partial charge >= 0.3 is 19.8 Å². The van der Waals surface area contributed by atoms with Crippen LogP contribution in [0.25, 0.3) is 0 Å². The maximum Gasteiger partial charge on any atom is 0.472 e. The van der Waals surface area contributed by atoms with Crippen molar-refractivity contribution in [1.29, 1.82) is 0 Å². The molecule has 0 bridgehead atoms. The van der Waals surface area contributed by atoms with E-state index in [9.17, 15) is 24.2 Å². The number of ether oxygens (including phenoxy) is 2.